The zero-order chi connectivity index (χ0) is 16.4. The third kappa shape index (κ3) is 3.19. The van der Waals surface area contributed by atoms with Gasteiger partial charge in [-0.2, -0.15) is 0 Å². The molecule has 0 unspecified atom stereocenters. The van der Waals surface area contributed by atoms with E-state index in [4.69, 9.17) is 0 Å². The predicted octanol–water partition coefficient (Wildman–Crippen LogP) is 2.04. The number of nitrogens with one attached hydrogen (secondary N) is 1. The highest BCUT2D eigenvalue weighted by Gasteiger charge is 2.28. The van der Waals surface area contributed by atoms with Crippen molar-refractivity contribution in [2.45, 2.75) is 38.1 Å². The first-order valence-electron chi connectivity index (χ1n) is 8.76. The summed E-state index contributed by atoms with van der Waals surface area (Å²) in [7, 11) is 0. The van der Waals surface area contributed by atoms with Crippen LogP contribution in [-0.4, -0.2) is 45.0 Å². The van der Waals surface area contributed by atoms with Crippen molar-refractivity contribution in [2.24, 2.45) is 0 Å². The number of aryl methyl sites for hydroxylation is 1. The molecule has 0 bridgehead atoms. The molecule has 2 aromatic heterocycles. The number of carbonyl (C=O) groups excluding carboxylic acids is 1. The van der Waals surface area contributed by atoms with Gasteiger partial charge in [0, 0.05) is 42.9 Å². The van der Waals surface area contributed by atoms with Gasteiger partial charge >= 0.3 is 0 Å². The minimum Gasteiger partial charge on any atom is -0.330 e. The van der Waals surface area contributed by atoms with Gasteiger partial charge in [0.2, 0.25) is 5.91 Å². The van der Waals surface area contributed by atoms with Gasteiger partial charge in [0.05, 0.1) is 18.6 Å². The lowest BCUT2D eigenvalue weighted by atomic mass is 10.0. The second-order valence-electron chi connectivity index (χ2n) is 6.71. The van der Waals surface area contributed by atoms with Crippen molar-refractivity contribution in [1.82, 2.24) is 19.4 Å². The van der Waals surface area contributed by atoms with Crippen LogP contribution in [0.3, 0.4) is 0 Å². The van der Waals surface area contributed by atoms with Gasteiger partial charge in [-0.05, 0) is 44.2 Å². The normalized spacial score (nSPS) is 20.8. The van der Waals surface area contributed by atoms with E-state index in [0.717, 1.165) is 38.0 Å². The molecule has 1 aliphatic heterocycles. The first-order chi connectivity index (χ1) is 11.8. The van der Waals surface area contributed by atoms with Crippen LogP contribution in [-0.2, 0) is 17.6 Å². The molecule has 6 heteroatoms. The standard InChI is InChI=1S/C18H23N5O/c24-18(21-14-5-8-19-9-6-14)12-22-10-7-15(11-22)23-13-20-16-3-1-2-4-17(16)23/h5-6,8-9,13,15H,1-4,7,10-12H2,(H,19,21,24)/t15-/m0/s1. The number of imidazole rings is 1. The van der Waals surface area contributed by atoms with E-state index in [1.165, 1.54) is 24.2 Å². The summed E-state index contributed by atoms with van der Waals surface area (Å²) in [6.45, 7) is 2.32. The van der Waals surface area contributed by atoms with Crippen molar-refractivity contribution in [2.75, 3.05) is 25.0 Å². The van der Waals surface area contributed by atoms with E-state index >= 15 is 0 Å². The summed E-state index contributed by atoms with van der Waals surface area (Å²) in [5.41, 5.74) is 3.51. The average Bonchev–Trinajstić information content (AvgIpc) is 3.22. The van der Waals surface area contributed by atoms with Crippen LogP contribution in [0.5, 0.6) is 0 Å². The van der Waals surface area contributed by atoms with Gasteiger partial charge in [0.15, 0.2) is 0 Å². The van der Waals surface area contributed by atoms with Crippen LogP contribution >= 0.6 is 0 Å². The Labute approximate surface area is 141 Å². The summed E-state index contributed by atoms with van der Waals surface area (Å²) in [5.74, 6) is 0.0366. The zero-order valence-electron chi connectivity index (χ0n) is 13.8. The molecule has 0 aromatic carbocycles. The van der Waals surface area contributed by atoms with Crippen molar-refractivity contribution < 1.29 is 4.79 Å². The average molecular weight is 325 g/mol. The van der Waals surface area contributed by atoms with Crippen molar-refractivity contribution in [1.29, 1.82) is 0 Å². The van der Waals surface area contributed by atoms with Crippen LogP contribution in [0.2, 0.25) is 0 Å². The molecule has 6 nitrogen and oxygen atoms in total. The van der Waals surface area contributed by atoms with Crippen LogP contribution in [0, 0.1) is 0 Å². The number of aromatic nitrogens is 3. The van der Waals surface area contributed by atoms with Crippen LogP contribution in [0.15, 0.2) is 30.9 Å². The Kier molecular flexibility index (Phi) is 4.30. The lowest BCUT2D eigenvalue weighted by Crippen LogP contribution is -2.32. The molecule has 4 rings (SSSR count). The van der Waals surface area contributed by atoms with E-state index < -0.39 is 0 Å². The Balaban J connectivity index is 1.35. The van der Waals surface area contributed by atoms with E-state index in [1.807, 2.05) is 18.5 Å². The lowest BCUT2D eigenvalue weighted by Gasteiger charge is -2.20. The fourth-order valence-corrected chi connectivity index (χ4v) is 3.83. The Morgan fingerprint density at radius 1 is 1.25 bits per heavy atom. The SMILES string of the molecule is O=C(CN1CC[C@H](n2cnc3c2CCCC3)C1)Nc1ccncc1. The van der Waals surface area contributed by atoms with Crippen LogP contribution in [0.1, 0.15) is 36.7 Å². The third-order valence-electron chi connectivity index (χ3n) is 5.03. The summed E-state index contributed by atoms with van der Waals surface area (Å²) in [4.78, 5) is 23.0. The summed E-state index contributed by atoms with van der Waals surface area (Å²) in [6.07, 6.45) is 11.3. The molecular weight excluding hydrogens is 302 g/mol. The summed E-state index contributed by atoms with van der Waals surface area (Å²) >= 11 is 0. The van der Waals surface area contributed by atoms with Crippen LogP contribution in [0.25, 0.3) is 0 Å². The molecule has 1 N–H and O–H groups in total. The third-order valence-corrected chi connectivity index (χ3v) is 5.03. The molecule has 0 saturated carbocycles. The van der Waals surface area contributed by atoms with E-state index in [9.17, 15) is 4.79 Å². The lowest BCUT2D eigenvalue weighted by molar-refractivity contribution is -0.117. The maximum atomic E-state index is 12.2. The molecule has 3 heterocycles. The molecule has 1 fully saturated rings. The zero-order valence-corrected chi connectivity index (χ0v) is 13.8. The maximum absolute atomic E-state index is 12.2. The largest absolute Gasteiger partial charge is 0.330 e. The Hall–Kier alpha value is -2.21. The molecule has 2 aromatic rings. The van der Waals surface area contributed by atoms with Crippen LogP contribution in [0.4, 0.5) is 5.69 Å². The molecule has 0 radical (unpaired) electrons. The van der Waals surface area contributed by atoms with Crippen molar-refractivity contribution in [3.63, 3.8) is 0 Å². The molecule has 1 aliphatic carbocycles. The summed E-state index contributed by atoms with van der Waals surface area (Å²) in [5, 5.41) is 2.93. The Bertz CT molecular complexity index is 711. The fraction of sp³-hybridized carbons (Fsp3) is 0.500. The molecular formula is C18H23N5O. The topological polar surface area (TPSA) is 63.1 Å². The molecule has 1 amide bonds. The summed E-state index contributed by atoms with van der Waals surface area (Å²) < 4.78 is 2.37. The number of nitrogens with zero attached hydrogens (tertiary/aromatic N) is 4. The molecule has 1 saturated heterocycles. The number of hydrogen-bond acceptors (Lipinski definition) is 4. The van der Waals surface area contributed by atoms with E-state index in [-0.39, 0.29) is 5.91 Å². The smallest absolute Gasteiger partial charge is 0.238 e. The van der Waals surface area contributed by atoms with Gasteiger partial charge in [-0.15, -0.1) is 0 Å². The second kappa shape index (κ2) is 6.73. The number of fused-ring (bicyclic) bond motifs is 1. The van der Waals surface area contributed by atoms with E-state index in [1.54, 1.807) is 12.4 Å². The highest BCUT2D eigenvalue weighted by Crippen LogP contribution is 2.28. The molecule has 2 aliphatic rings. The van der Waals surface area contributed by atoms with E-state index in [2.05, 4.69) is 24.8 Å². The monoisotopic (exact) mass is 325 g/mol. The minimum absolute atomic E-state index is 0.0366. The van der Waals surface area contributed by atoms with Gasteiger partial charge < -0.3 is 9.88 Å². The number of hydrogen-bond donors (Lipinski definition) is 1. The van der Waals surface area contributed by atoms with Gasteiger partial charge in [-0.25, -0.2) is 4.98 Å². The molecule has 1 atom stereocenters. The number of likely N-dealkylation sites (tertiary alicyclic amines) is 1. The molecule has 126 valence electrons. The predicted molar refractivity (Wildman–Crippen MR) is 91.8 cm³/mol. The molecule has 24 heavy (non-hydrogen) atoms. The highest BCUT2D eigenvalue weighted by atomic mass is 16.2. The van der Waals surface area contributed by atoms with Crippen molar-refractivity contribution in [3.8, 4) is 0 Å². The summed E-state index contributed by atoms with van der Waals surface area (Å²) in [6, 6.07) is 4.07. The van der Waals surface area contributed by atoms with Gasteiger partial charge in [0.1, 0.15) is 0 Å². The van der Waals surface area contributed by atoms with Gasteiger partial charge in [0.25, 0.3) is 0 Å². The number of rotatable bonds is 4. The minimum atomic E-state index is 0.0366. The number of amides is 1. The first kappa shape index (κ1) is 15.3. The maximum Gasteiger partial charge on any atom is 0.238 e. The quantitative estimate of drug-likeness (QED) is 0.934. The highest BCUT2D eigenvalue weighted by molar-refractivity contribution is 5.92. The van der Waals surface area contributed by atoms with Gasteiger partial charge in [-0.3, -0.25) is 14.7 Å². The van der Waals surface area contributed by atoms with Crippen molar-refractivity contribution >= 4 is 11.6 Å². The van der Waals surface area contributed by atoms with Crippen molar-refractivity contribution in [3.05, 3.63) is 42.2 Å². The number of carbonyl (C=O) groups is 1. The van der Waals surface area contributed by atoms with E-state index in [0.29, 0.717) is 12.6 Å². The van der Waals surface area contributed by atoms with Gasteiger partial charge in [-0.1, -0.05) is 0 Å². The number of anilines is 1. The Morgan fingerprint density at radius 3 is 2.96 bits per heavy atom. The second-order valence-corrected chi connectivity index (χ2v) is 6.71. The fourth-order valence-electron chi connectivity index (χ4n) is 3.83. The first-order valence-corrected chi connectivity index (χ1v) is 8.76. The number of pyridine rings is 1. The van der Waals surface area contributed by atoms with Crippen LogP contribution < -0.4 is 5.32 Å². The molecule has 0 spiro atoms. The Morgan fingerprint density at radius 2 is 2.08 bits per heavy atom.